The molecule has 37 heavy (non-hydrogen) atoms. The monoisotopic (exact) mass is 526 g/mol. The first-order valence-electron chi connectivity index (χ1n) is 11.6. The quantitative estimate of drug-likeness (QED) is 0.218. The molecule has 0 saturated carbocycles. The van der Waals surface area contributed by atoms with Crippen molar-refractivity contribution in [2.24, 2.45) is 21.8 Å². The Balaban J connectivity index is 0.00000235. The molecule has 1 aromatic rings. The summed E-state index contributed by atoms with van der Waals surface area (Å²) in [6.07, 6.45) is 3.30. The number of oxime groups is 1. The number of nitrogens with one attached hydrogen (secondary N) is 1. The third kappa shape index (κ3) is 6.90. The summed E-state index contributed by atoms with van der Waals surface area (Å²) in [5.74, 6) is -0.672. The van der Waals surface area contributed by atoms with Crippen molar-refractivity contribution in [1.82, 2.24) is 10.2 Å². The number of halogens is 1. The number of aliphatic imine (C=N–C) groups is 1. The van der Waals surface area contributed by atoms with E-state index < -0.39 is 6.04 Å². The predicted molar refractivity (Wildman–Crippen MR) is 142 cm³/mol. The van der Waals surface area contributed by atoms with Crippen molar-refractivity contribution in [2.75, 3.05) is 14.1 Å². The zero-order valence-electron chi connectivity index (χ0n) is 21.2. The molecule has 1 aromatic carbocycles. The number of benzene rings is 1. The van der Waals surface area contributed by atoms with Gasteiger partial charge in [0.25, 0.3) is 5.91 Å². The van der Waals surface area contributed by atoms with E-state index in [1.807, 2.05) is 13.0 Å². The van der Waals surface area contributed by atoms with Gasteiger partial charge in [-0.3, -0.25) is 9.59 Å². The molecule has 11 heteroatoms. The number of nitrogens with two attached hydrogens (primary N) is 1. The summed E-state index contributed by atoms with van der Waals surface area (Å²) in [4.78, 5) is 46.9. The summed E-state index contributed by atoms with van der Waals surface area (Å²) in [5, 5.41) is 16.5. The molecule has 0 saturated heterocycles. The second-order valence-corrected chi connectivity index (χ2v) is 8.64. The van der Waals surface area contributed by atoms with Gasteiger partial charge in [-0.1, -0.05) is 22.8 Å². The van der Waals surface area contributed by atoms with Crippen molar-refractivity contribution in [1.29, 1.82) is 5.26 Å². The molecule has 0 radical (unpaired) electrons. The van der Waals surface area contributed by atoms with E-state index in [-0.39, 0.29) is 49.6 Å². The Bertz CT molecular complexity index is 1180. The molecule has 3 N–H and O–H groups in total. The lowest BCUT2D eigenvalue weighted by Crippen LogP contribution is -2.46. The van der Waals surface area contributed by atoms with Crippen LogP contribution in [-0.4, -0.2) is 55.7 Å². The van der Waals surface area contributed by atoms with Crippen LogP contribution in [0.25, 0.3) is 0 Å². The molecular formula is C26H31ClN6O4. The minimum Gasteiger partial charge on any atom is -0.389 e. The van der Waals surface area contributed by atoms with Gasteiger partial charge in [0, 0.05) is 36.2 Å². The molecule has 196 valence electrons. The summed E-state index contributed by atoms with van der Waals surface area (Å²) in [6, 6.07) is 6.78. The van der Waals surface area contributed by atoms with E-state index in [0.717, 1.165) is 23.0 Å². The molecule has 1 aliphatic heterocycles. The Morgan fingerprint density at radius 2 is 2.19 bits per heavy atom. The van der Waals surface area contributed by atoms with E-state index in [9.17, 15) is 19.6 Å². The molecule has 0 bridgehead atoms. The summed E-state index contributed by atoms with van der Waals surface area (Å²) >= 11 is 6.24. The summed E-state index contributed by atoms with van der Waals surface area (Å²) < 4.78 is 0. The summed E-state index contributed by atoms with van der Waals surface area (Å²) in [6.45, 7) is 5.73. The maximum absolute atomic E-state index is 12.9. The predicted octanol–water partition coefficient (Wildman–Crippen LogP) is 2.82. The number of nitrogens with zero attached hydrogens (tertiary/aromatic N) is 4. The Labute approximate surface area is 221 Å². The fourth-order valence-electron chi connectivity index (χ4n) is 4.08. The number of rotatable bonds is 9. The number of carbonyl (C=O) groups excluding carboxylic acids is 3. The maximum Gasteiger partial charge on any atom is 0.255 e. The van der Waals surface area contributed by atoms with Crippen LogP contribution in [0.3, 0.4) is 0 Å². The largest absolute Gasteiger partial charge is 0.389 e. The van der Waals surface area contributed by atoms with Gasteiger partial charge in [0.15, 0.2) is 5.84 Å². The van der Waals surface area contributed by atoms with Crippen molar-refractivity contribution >= 4 is 42.3 Å². The molecule has 3 rings (SSSR count). The normalized spacial score (nSPS) is 17.6. The van der Waals surface area contributed by atoms with Gasteiger partial charge in [-0.2, -0.15) is 5.26 Å². The van der Waals surface area contributed by atoms with Gasteiger partial charge in [-0.15, -0.1) is 0 Å². The molecule has 0 aromatic heterocycles. The number of likely N-dealkylation sites (N-methyl/N-ethyl adjacent to an activating group) is 1. The van der Waals surface area contributed by atoms with Crippen LogP contribution in [0.4, 0.5) is 0 Å². The van der Waals surface area contributed by atoms with E-state index >= 15 is 0 Å². The number of allylic oxidation sites excluding steroid dienone is 3. The molecule has 2 aliphatic rings. The zero-order valence-corrected chi connectivity index (χ0v) is 21.9. The van der Waals surface area contributed by atoms with Crippen LogP contribution in [0.1, 0.15) is 47.7 Å². The Hall–Kier alpha value is -3.81. The second-order valence-electron chi connectivity index (χ2n) is 8.23. The SMILES string of the molecule is C=N/C(=N\OCc1ccc2c(c1)CN(C(CCC=O)C(=O)NC)C2=O)C1=CC(Cl)=C(C)C(C#N)C1.CN. The average Bonchev–Trinajstić information content (AvgIpc) is 3.24. The van der Waals surface area contributed by atoms with Gasteiger partial charge in [0.05, 0.1) is 12.0 Å². The molecule has 0 fully saturated rings. The number of carbonyl (C=O) groups is 3. The lowest BCUT2D eigenvalue weighted by Gasteiger charge is -2.25. The highest BCUT2D eigenvalue weighted by Gasteiger charge is 2.35. The van der Waals surface area contributed by atoms with Gasteiger partial charge < -0.3 is 25.6 Å². The van der Waals surface area contributed by atoms with Crippen LogP contribution in [0.5, 0.6) is 0 Å². The van der Waals surface area contributed by atoms with Crippen LogP contribution in [0.2, 0.25) is 0 Å². The number of nitriles is 1. The van der Waals surface area contributed by atoms with Gasteiger partial charge >= 0.3 is 0 Å². The van der Waals surface area contributed by atoms with Gasteiger partial charge in [-0.05, 0) is 68.4 Å². The van der Waals surface area contributed by atoms with Crippen LogP contribution in [0.15, 0.2) is 50.6 Å². The maximum atomic E-state index is 12.9. The van der Waals surface area contributed by atoms with Crippen molar-refractivity contribution in [3.8, 4) is 6.07 Å². The highest BCUT2D eigenvalue weighted by molar-refractivity contribution is 6.32. The number of amidine groups is 1. The minimum absolute atomic E-state index is 0.113. The standard InChI is InChI=1S/C25H26ClN5O4.CH5N/c1-15-18(12-27)10-17(11-21(15)26)23(28-2)30-35-14-16-6-7-20-19(9-16)13-31(25(20)34)22(5-4-8-32)24(33)29-3;1-2/h6-9,11,18,22H,2,4-5,10,13-14H2,1,3H3,(H,29,33);2H2,1H3/b30-23-;. The Morgan fingerprint density at radius 1 is 1.46 bits per heavy atom. The van der Waals surface area contributed by atoms with E-state index in [0.29, 0.717) is 22.6 Å². The minimum atomic E-state index is -0.721. The zero-order chi connectivity index (χ0) is 27.5. The van der Waals surface area contributed by atoms with Crippen molar-refractivity contribution < 1.29 is 19.2 Å². The van der Waals surface area contributed by atoms with Crippen LogP contribution in [0, 0.1) is 17.2 Å². The molecule has 2 unspecified atom stereocenters. The fourth-order valence-corrected chi connectivity index (χ4v) is 4.34. The van der Waals surface area contributed by atoms with E-state index in [1.54, 1.807) is 18.2 Å². The van der Waals surface area contributed by atoms with Crippen LogP contribution >= 0.6 is 11.6 Å². The number of hydrogen-bond donors (Lipinski definition) is 2. The molecule has 2 atom stereocenters. The smallest absolute Gasteiger partial charge is 0.255 e. The molecule has 1 aliphatic carbocycles. The first-order chi connectivity index (χ1) is 17.8. The highest BCUT2D eigenvalue weighted by atomic mass is 35.5. The number of fused-ring (bicyclic) bond motifs is 1. The third-order valence-corrected chi connectivity index (χ3v) is 6.49. The number of hydrogen-bond acceptors (Lipinski definition) is 7. The number of aldehydes is 1. The first kappa shape index (κ1) is 29.4. The Morgan fingerprint density at radius 3 is 2.81 bits per heavy atom. The second kappa shape index (κ2) is 14.1. The molecule has 10 nitrogen and oxygen atoms in total. The van der Waals surface area contributed by atoms with Gasteiger partial charge in [-0.25, -0.2) is 4.99 Å². The van der Waals surface area contributed by atoms with E-state index in [2.05, 4.69) is 34.0 Å². The lowest BCUT2D eigenvalue weighted by molar-refractivity contribution is -0.125. The Kier molecular flexibility index (Phi) is 11.2. The average molecular weight is 527 g/mol. The molecule has 2 amide bonds. The van der Waals surface area contributed by atoms with E-state index in [1.165, 1.54) is 19.0 Å². The van der Waals surface area contributed by atoms with E-state index in [4.69, 9.17) is 16.4 Å². The summed E-state index contributed by atoms with van der Waals surface area (Å²) in [7, 11) is 3.00. The summed E-state index contributed by atoms with van der Waals surface area (Å²) in [5.41, 5.74) is 8.01. The topological polar surface area (TPSA) is 150 Å². The number of amides is 2. The third-order valence-electron chi connectivity index (χ3n) is 6.08. The highest BCUT2D eigenvalue weighted by Crippen LogP contribution is 2.32. The molecule has 1 heterocycles. The van der Waals surface area contributed by atoms with Crippen LogP contribution in [-0.2, 0) is 27.6 Å². The van der Waals surface area contributed by atoms with Gasteiger partial charge in [0.1, 0.15) is 18.9 Å². The van der Waals surface area contributed by atoms with Crippen molar-refractivity contribution in [2.45, 2.75) is 45.4 Å². The molecular weight excluding hydrogens is 496 g/mol. The fraction of sp³-hybridized carbons (Fsp3) is 0.385. The lowest BCUT2D eigenvalue weighted by atomic mass is 9.88. The first-order valence-corrected chi connectivity index (χ1v) is 12.0. The van der Waals surface area contributed by atoms with Crippen molar-refractivity contribution in [3.05, 3.63) is 57.1 Å². The van der Waals surface area contributed by atoms with Crippen LogP contribution < -0.4 is 11.1 Å². The van der Waals surface area contributed by atoms with Gasteiger partial charge in [0.2, 0.25) is 5.91 Å². The molecule has 0 spiro atoms. The van der Waals surface area contributed by atoms with Crippen molar-refractivity contribution in [3.63, 3.8) is 0 Å².